The molecule has 0 bridgehead atoms. The third-order valence-corrected chi connectivity index (χ3v) is 13.0. The molecule has 43 heavy (non-hydrogen) atoms. The van der Waals surface area contributed by atoms with Crippen molar-refractivity contribution in [2.75, 3.05) is 26.2 Å². The Morgan fingerprint density at radius 2 is 1.77 bits per heavy atom. The van der Waals surface area contributed by atoms with E-state index >= 15 is 0 Å². The van der Waals surface area contributed by atoms with E-state index in [4.69, 9.17) is 13.7 Å². The highest BCUT2D eigenvalue weighted by atomic mass is 28.4. The van der Waals surface area contributed by atoms with Gasteiger partial charge in [0.15, 0.2) is 8.32 Å². The molecule has 0 saturated carbocycles. The first-order valence-corrected chi connectivity index (χ1v) is 18.2. The van der Waals surface area contributed by atoms with Gasteiger partial charge >= 0.3 is 0 Å². The van der Waals surface area contributed by atoms with Gasteiger partial charge in [-0.2, -0.15) is 10.2 Å². The number of Topliss-reactive ketones (excluding diaryl/α,β-unsaturated/α-hetero) is 1. The van der Waals surface area contributed by atoms with Crippen LogP contribution in [0.25, 0.3) is 22.8 Å². The summed E-state index contributed by atoms with van der Waals surface area (Å²) < 4.78 is 17.7. The molecular formula is C34H46N4O4Si. The van der Waals surface area contributed by atoms with Gasteiger partial charge in [0.25, 0.3) is 5.89 Å². The second-order valence-corrected chi connectivity index (χ2v) is 18.4. The normalized spacial score (nSPS) is 15.1. The summed E-state index contributed by atoms with van der Waals surface area (Å²) in [4.78, 5) is 19.9. The summed E-state index contributed by atoms with van der Waals surface area (Å²) in [5, 5.41) is 14.0. The largest absolute Gasteiger partial charge is 0.490 e. The monoisotopic (exact) mass is 602 g/mol. The van der Waals surface area contributed by atoms with Gasteiger partial charge in [-0.05, 0) is 86.1 Å². The predicted octanol–water partition coefficient (Wildman–Crippen LogP) is 7.08. The molecule has 2 heterocycles. The summed E-state index contributed by atoms with van der Waals surface area (Å²) in [5.74, 6) is 1.88. The number of nitriles is 1. The van der Waals surface area contributed by atoms with Crippen molar-refractivity contribution in [1.82, 2.24) is 15.0 Å². The van der Waals surface area contributed by atoms with Crippen LogP contribution in [-0.2, 0) is 22.1 Å². The molecule has 0 spiro atoms. The maximum Gasteiger partial charge on any atom is 0.258 e. The minimum absolute atomic E-state index is 0.0325. The van der Waals surface area contributed by atoms with Crippen molar-refractivity contribution < 1.29 is 18.5 Å². The highest BCUT2D eigenvalue weighted by molar-refractivity contribution is 6.74. The molecule has 0 unspecified atom stereocenters. The number of carbonyl (C=O) groups excluding carboxylic acids is 1. The molecule has 0 saturated heterocycles. The van der Waals surface area contributed by atoms with Crippen LogP contribution in [0.3, 0.4) is 0 Å². The summed E-state index contributed by atoms with van der Waals surface area (Å²) in [6, 6.07) is 13.8. The number of fused-ring (bicyclic) bond motifs is 1. The van der Waals surface area contributed by atoms with Gasteiger partial charge in [0.2, 0.25) is 5.82 Å². The first kappa shape index (κ1) is 32.6. The highest BCUT2D eigenvalue weighted by Gasteiger charge is 2.37. The van der Waals surface area contributed by atoms with Crippen molar-refractivity contribution >= 4 is 14.1 Å². The summed E-state index contributed by atoms with van der Waals surface area (Å²) >= 11 is 0. The quantitative estimate of drug-likeness (QED) is 0.215. The molecule has 8 nitrogen and oxygen atoms in total. The number of ketones is 1. The number of hydrogen-bond donors (Lipinski definition) is 0. The number of aromatic nitrogens is 2. The lowest BCUT2D eigenvalue weighted by molar-refractivity contribution is -0.121. The minimum atomic E-state index is -1.81. The summed E-state index contributed by atoms with van der Waals surface area (Å²) in [6.45, 7) is 20.0. The fourth-order valence-electron chi connectivity index (χ4n) is 4.96. The van der Waals surface area contributed by atoms with Gasteiger partial charge in [-0.25, -0.2) is 0 Å². The van der Waals surface area contributed by atoms with Crippen molar-refractivity contribution in [3.8, 4) is 34.7 Å². The van der Waals surface area contributed by atoms with E-state index in [1.54, 1.807) is 12.1 Å². The second-order valence-electron chi connectivity index (χ2n) is 13.6. The van der Waals surface area contributed by atoms with Crippen molar-refractivity contribution in [3.05, 3.63) is 53.1 Å². The Balaban J connectivity index is 1.35. The Hall–Kier alpha value is -3.32. The molecule has 1 atom stereocenters. The fourth-order valence-corrected chi connectivity index (χ4v) is 6.10. The fraction of sp³-hybridized carbons (Fsp3) is 0.529. The molecule has 0 N–H and O–H groups in total. The highest BCUT2D eigenvalue weighted by Crippen LogP contribution is 2.37. The summed E-state index contributed by atoms with van der Waals surface area (Å²) in [5.41, 5.74) is 4.51. The average molecular weight is 603 g/mol. The SMILES string of the molecule is CC(C)Oc1ccc(-c2nc(-c3ccc4c(c3)CCN(CC(=O)C[C@@H](C)CO[Si](C)(C)C(C)(C)C)CC4)no2)cc1C#N. The Kier molecular flexibility index (Phi) is 10.3. The summed E-state index contributed by atoms with van der Waals surface area (Å²) in [6.07, 6.45) is 2.27. The van der Waals surface area contributed by atoms with Crippen molar-refractivity contribution in [3.63, 3.8) is 0 Å². The lowest BCUT2D eigenvalue weighted by Gasteiger charge is -2.37. The van der Waals surface area contributed by atoms with Gasteiger partial charge in [-0.3, -0.25) is 9.69 Å². The third kappa shape index (κ3) is 8.41. The molecule has 4 rings (SSSR count). The Morgan fingerprint density at radius 1 is 1.07 bits per heavy atom. The first-order valence-electron chi connectivity index (χ1n) is 15.3. The number of rotatable bonds is 11. The maximum atomic E-state index is 13.0. The van der Waals surface area contributed by atoms with Crippen LogP contribution in [0.1, 0.15) is 64.7 Å². The van der Waals surface area contributed by atoms with E-state index in [-0.39, 0.29) is 22.8 Å². The summed E-state index contributed by atoms with van der Waals surface area (Å²) in [7, 11) is -1.81. The molecule has 0 fully saturated rings. The number of carbonyl (C=O) groups is 1. The van der Waals surface area contributed by atoms with Crippen LogP contribution < -0.4 is 4.74 Å². The molecule has 3 aromatic rings. The van der Waals surface area contributed by atoms with E-state index in [9.17, 15) is 10.1 Å². The smallest absolute Gasteiger partial charge is 0.258 e. The van der Waals surface area contributed by atoms with Gasteiger partial charge < -0.3 is 13.7 Å². The van der Waals surface area contributed by atoms with Crippen LogP contribution in [0, 0.1) is 17.2 Å². The minimum Gasteiger partial charge on any atom is -0.490 e. The average Bonchev–Trinajstić information content (AvgIpc) is 3.35. The topological polar surface area (TPSA) is 101 Å². The van der Waals surface area contributed by atoms with Crippen molar-refractivity contribution in [2.45, 2.75) is 85.0 Å². The lowest BCUT2D eigenvalue weighted by atomic mass is 10.00. The molecule has 1 aromatic heterocycles. The van der Waals surface area contributed by atoms with Gasteiger partial charge in [0.05, 0.1) is 18.2 Å². The zero-order valence-corrected chi connectivity index (χ0v) is 28.0. The van der Waals surface area contributed by atoms with E-state index in [0.29, 0.717) is 48.2 Å². The van der Waals surface area contributed by atoms with Gasteiger partial charge in [0.1, 0.15) is 17.6 Å². The molecule has 0 radical (unpaired) electrons. The van der Waals surface area contributed by atoms with Crippen molar-refractivity contribution in [2.24, 2.45) is 5.92 Å². The molecule has 1 aliphatic heterocycles. The molecule has 9 heteroatoms. The number of nitrogens with zero attached hydrogens (tertiary/aromatic N) is 4. The van der Waals surface area contributed by atoms with Gasteiger partial charge in [-0.15, -0.1) is 0 Å². The Bertz CT molecular complexity index is 1470. The van der Waals surface area contributed by atoms with Crippen LogP contribution in [0.15, 0.2) is 40.9 Å². The lowest BCUT2D eigenvalue weighted by Crippen LogP contribution is -2.42. The van der Waals surface area contributed by atoms with Gasteiger partial charge in [0, 0.05) is 37.2 Å². The van der Waals surface area contributed by atoms with E-state index in [0.717, 1.165) is 31.5 Å². The maximum absolute atomic E-state index is 13.0. The molecule has 1 aliphatic rings. The molecule has 230 valence electrons. The predicted molar refractivity (Wildman–Crippen MR) is 171 cm³/mol. The van der Waals surface area contributed by atoms with Crippen LogP contribution in [0.2, 0.25) is 18.1 Å². The van der Waals surface area contributed by atoms with E-state index < -0.39 is 8.32 Å². The molecule has 0 aliphatic carbocycles. The molecule has 0 amide bonds. The first-order chi connectivity index (χ1) is 20.3. The molecular weight excluding hydrogens is 556 g/mol. The number of hydrogen-bond acceptors (Lipinski definition) is 8. The van der Waals surface area contributed by atoms with Crippen LogP contribution >= 0.6 is 0 Å². The molecule has 2 aromatic carbocycles. The van der Waals surface area contributed by atoms with E-state index in [1.807, 2.05) is 26.0 Å². The van der Waals surface area contributed by atoms with Crippen molar-refractivity contribution in [1.29, 1.82) is 5.26 Å². The van der Waals surface area contributed by atoms with E-state index in [1.165, 1.54) is 11.1 Å². The zero-order chi connectivity index (χ0) is 31.4. The van der Waals surface area contributed by atoms with Crippen LogP contribution in [0.4, 0.5) is 0 Å². The second kappa shape index (κ2) is 13.5. The van der Waals surface area contributed by atoms with E-state index in [2.05, 4.69) is 74.0 Å². The van der Waals surface area contributed by atoms with Gasteiger partial charge in [-0.1, -0.05) is 45.0 Å². The number of ether oxygens (including phenoxy) is 1. The Labute approximate surface area is 257 Å². The number of benzene rings is 2. The standard InChI is InChI=1S/C34H46N4O4Si/c1-23(2)41-31-12-11-28(19-29(31)20-35)33-36-32(37-42-33)27-10-9-25-13-15-38(16-14-26(25)18-27)21-30(39)17-24(3)22-40-43(7,8)34(4,5)6/h9-12,18-19,23-24H,13-17,21-22H2,1-8H3/t24-/m1/s1. The third-order valence-electron chi connectivity index (χ3n) is 8.51. The zero-order valence-electron chi connectivity index (χ0n) is 27.0. The van der Waals surface area contributed by atoms with Crippen LogP contribution in [-0.4, -0.2) is 61.5 Å². The van der Waals surface area contributed by atoms with Crippen LogP contribution in [0.5, 0.6) is 5.75 Å². The Morgan fingerprint density at radius 3 is 2.44 bits per heavy atom.